The van der Waals surface area contributed by atoms with Crippen molar-refractivity contribution in [2.24, 2.45) is 0 Å². The van der Waals surface area contributed by atoms with Crippen LogP contribution in [0.3, 0.4) is 0 Å². The molecule has 0 radical (unpaired) electrons. The second kappa shape index (κ2) is 4.57. The van der Waals surface area contributed by atoms with Crippen molar-refractivity contribution in [1.29, 1.82) is 0 Å². The molecular weight excluding hydrogens is 339 g/mol. The third-order valence-electron chi connectivity index (χ3n) is 2.46. The van der Waals surface area contributed by atoms with E-state index in [1.807, 2.05) is 11.4 Å². The molecule has 18 heavy (non-hydrogen) atoms. The van der Waals surface area contributed by atoms with Crippen LogP contribution in [-0.2, 0) is 0 Å². The summed E-state index contributed by atoms with van der Waals surface area (Å²) in [6, 6.07) is 6.53. The van der Waals surface area contributed by atoms with E-state index in [-0.39, 0.29) is 10.7 Å². The van der Waals surface area contributed by atoms with Gasteiger partial charge in [0.2, 0.25) is 0 Å². The van der Waals surface area contributed by atoms with Crippen molar-refractivity contribution in [3.8, 4) is 11.4 Å². The van der Waals surface area contributed by atoms with Crippen molar-refractivity contribution < 1.29 is 4.39 Å². The highest BCUT2D eigenvalue weighted by atomic mass is 79.9. The van der Waals surface area contributed by atoms with Crippen molar-refractivity contribution in [3.63, 3.8) is 0 Å². The lowest BCUT2D eigenvalue weighted by molar-refractivity contribution is 0.636. The Morgan fingerprint density at radius 1 is 1.28 bits per heavy atom. The molecular formula is C12H5BrClFN2S. The van der Waals surface area contributed by atoms with Crippen LogP contribution in [0.1, 0.15) is 0 Å². The number of thiophene rings is 1. The number of halogens is 3. The minimum absolute atomic E-state index is 0.245. The molecule has 1 aromatic carbocycles. The molecule has 0 saturated carbocycles. The Morgan fingerprint density at radius 2 is 2.11 bits per heavy atom. The SMILES string of the molecule is Fc1cccc2c(Cl)nc(-c3csc(Br)c3)nc12. The van der Waals surface area contributed by atoms with Crippen molar-refractivity contribution in [2.75, 3.05) is 0 Å². The van der Waals surface area contributed by atoms with Gasteiger partial charge in [-0.3, -0.25) is 0 Å². The average Bonchev–Trinajstić information content (AvgIpc) is 2.77. The first-order valence-corrected chi connectivity index (χ1v) is 7.06. The van der Waals surface area contributed by atoms with Gasteiger partial charge in [0.25, 0.3) is 0 Å². The first kappa shape index (κ1) is 12.0. The minimum Gasteiger partial charge on any atom is -0.225 e. The van der Waals surface area contributed by atoms with E-state index in [1.165, 1.54) is 17.4 Å². The first-order chi connectivity index (χ1) is 8.65. The summed E-state index contributed by atoms with van der Waals surface area (Å²) < 4.78 is 14.7. The van der Waals surface area contributed by atoms with Crippen molar-refractivity contribution in [1.82, 2.24) is 9.97 Å². The lowest BCUT2D eigenvalue weighted by Crippen LogP contribution is -1.92. The van der Waals surface area contributed by atoms with Gasteiger partial charge >= 0.3 is 0 Å². The Labute approximate surface area is 120 Å². The van der Waals surface area contributed by atoms with Crippen molar-refractivity contribution >= 4 is 49.8 Å². The molecule has 0 aliphatic heterocycles. The second-order valence-electron chi connectivity index (χ2n) is 3.61. The number of nitrogens with zero attached hydrogens (tertiary/aromatic N) is 2. The molecule has 0 spiro atoms. The van der Waals surface area contributed by atoms with E-state index in [0.717, 1.165) is 9.35 Å². The van der Waals surface area contributed by atoms with Crippen LogP contribution in [0.5, 0.6) is 0 Å². The molecule has 0 amide bonds. The van der Waals surface area contributed by atoms with Gasteiger partial charge in [0.1, 0.15) is 16.5 Å². The quantitative estimate of drug-likeness (QED) is 0.587. The van der Waals surface area contributed by atoms with Crippen LogP contribution < -0.4 is 0 Å². The minimum atomic E-state index is -0.396. The van der Waals surface area contributed by atoms with Crippen molar-refractivity contribution in [3.05, 3.63) is 44.4 Å². The van der Waals surface area contributed by atoms with E-state index in [1.54, 1.807) is 12.1 Å². The number of fused-ring (bicyclic) bond motifs is 1. The number of benzene rings is 1. The van der Waals surface area contributed by atoms with Crippen LogP contribution in [0.2, 0.25) is 5.15 Å². The van der Waals surface area contributed by atoms with Gasteiger partial charge in [-0.2, -0.15) is 0 Å². The standard InChI is InChI=1S/C12H5BrClFN2S/c13-9-4-6(5-18-9)12-16-10-7(11(14)17-12)2-1-3-8(10)15/h1-5H. The summed E-state index contributed by atoms with van der Waals surface area (Å²) in [6.07, 6.45) is 0. The summed E-state index contributed by atoms with van der Waals surface area (Å²) in [7, 11) is 0. The lowest BCUT2D eigenvalue weighted by atomic mass is 10.2. The van der Waals surface area contributed by atoms with Crippen LogP contribution in [0, 0.1) is 5.82 Å². The topological polar surface area (TPSA) is 25.8 Å². The van der Waals surface area contributed by atoms with Gasteiger partial charge in [0, 0.05) is 16.3 Å². The fraction of sp³-hybridized carbons (Fsp3) is 0. The summed E-state index contributed by atoms with van der Waals surface area (Å²) in [6.45, 7) is 0. The average molecular weight is 344 g/mol. The van der Waals surface area contributed by atoms with Crippen LogP contribution >= 0.6 is 38.9 Å². The third-order valence-corrected chi connectivity index (χ3v) is 4.25. The molecule has 3 rings (SSSR count). The van der Waals surface area contributed by atoms with E-state index in [0.29, 0.717) is 11.2 Å². The molecule has 0 aliphatic carbocycles. The van der Waals surface area contributed by atoms with Crippen LogP contribution in [0.25, 0.3) is 22.3 Å². The maximum atomic E-state index is 13.7. The van der Waals surface area contributed by atoms with Gasteiger partial charge in [-0.15, -0.1) is 11.3 Å². The number of rotatable bonds is 1. The number of hydrogen-bond acceptors (Lipinski definition) is 3. The summed E-state index contributed by atoms with van der Waals surface area (Å²) in [5.74, 6) is 0.0342. The van der Waals surface area contributed by atoms with Gasteiger partial charge in [0.05, 0.1) is 3.79 Å². The lowest BCUT2D eigenvalue weighted by Gasteiger charge is -2.03. The van der Waals surface area contributed by atoms with E-state index >= 15 is 0 Å². The molecule has 90 valence electrons. The van der Waals surface area contributed by atoms with Crippen molar-refractivity contribution in [2.45, 2.75) is 0 Å². The Kier molecular flexibility index (Phi) is 3.05. The molecule has 0 atom stereocenters. The molecule has 0 unspecified atom stereocenters. The molecule has 0 saturated heterocycles. The number of hydrogen-bond donors (Lipinski definition) is 0. The zero-order chi connectivity index (χ0) is 12.7. The van der Waals surface area contributed by atoms with Gasteiger partial charge < -0.3 is 0 Å². The van der Waals surface area contributed by atoms with E-state index in [9.17, 15) is 4.39 Å². The molecule has 2 nitrogen and oxygen atoms in total. The number of aromatic nitrogens is 2. The van der Waals surface area contributed by atoms with E-state index in [4.69, 9.17) is 11.6 Å². The Morgan fingerprint density at radius 3 is 2.83 bits per heavy atom. The largest absolute Gasteiger partial charge is 0.225 e. The smallest absolute Gasteiger partial charge is 0.162 e. The van der Waals surface area contributed by atoms with Gasteiger partial charge in [-0.1, -0.05) is 17.7 Å². The van der Waals surface area contributed by atoms with E-state index in [2.05, 4.69) is 25.9 Å². The monoisotopic (exact) mass is 342 g/mol. The highest BCUT2D eigenvalue weighted by Gasteiger charge is 2.11. The molecule has 0 fully saturated rings. The highest BCUT2D eigenvalue weighted by molar-refractivity contribution is 9.11. The number of para-hydroxylation sites is 1. The predicted octanol–water partition coefficient (Wildman–Crippen LogP) is 4.91. The van der Waals surface area contributed by atoms with Gasteiger partial charge in [-0.25, -0.2) is 14.4 Å². The Balaban J connectivity index is 2.29. The molecule has 2 aromatic heterocycles. The molecule has 0 aliphatic rings. The summed E-state index contributed by atoms with van der Waals surface area (Å²) in [5, 5.41) is 2.68. The molecule has 6 heteroatoms. The fourth-order valence-electron chi connectivity index (χ4n) is 1.64. The third kappa shape index (κ3) is 2.02. The van der Waals surface area contributed by atoms with Gasteiger partial charge in [-0.05, 0) is 34.1 Å². The summed E-state index contributed by atoms with van der Waals surface area (Å²) in [4.78, 5) is 8.43. The summed E-state index contributed by atoms with van der Waals surface area (Å²) in [5.41, 5.74) is 1.06. The fourth-order valence-corrected chi connectivity index (χ4v) is 3.00. The molecule has 0 N–H and O–H groups in total. The summed E-state index contributed by atoms with van der Waals surface area (Å²) >= 11 is 10.9. The Bertz CT molecular complexity index is 744. The maximum Gasteiger partial charge on any atom is 0.162 e. The van der Waals surface area contributed by atoms with Crippen LogP contribution in [0.15, 0.2) is 33.4 Å². The highest BCUT2D eigenvalue weighted by Crippen LogP contribution is 2.30. The van der Waals surface area contributed by atoms with E-state index < -0.39 is 5.82 Å². The molecule has 3 aromatic rings. The normalized spacial score (nSPS) is 11.1. The predicted molar refractivity (Wildman–Crippen MR) is 75.5 cm³/mol. The second-order valence-corrected chi connectivity index (χ2v) is 6.26. The Hall–Kier alpha value is -1.04. The maximum absolute atomic E-state index is 13.7. The zero-order valence-corrected chi connectivity index (χ0v) is 12.0. The van der Waals surface area contributed by atoms with Crippen LogP contribution in [0.4, 0.5) is 4.39 Å². The first-order valence-electron chi connectivity index (χ1n) is 5.01. The molecule has 2 heterocycles. The van der Waals surface area contributed by atoms with Crippen LogP contribution in [-0.4, -0.2) is 9.97 Å². The van der Waals surface area contributed by atoms with Gasteiger partial charge in [0.15, 0.2) is 5.82 Å². The molecule has 0 bridgehead atoms. The zero-order valence-electron chi connectivity index (χ0n) is 8.82.